The number of rotatable bonds is 2. The molecule has 0 spiro atoms. The highest BCUT2D eigenvalue weighted by Crippen LogP contribution is 2.15. The highest BCUT2D eigenvalue weighted by molar-refractivity contribution is 5.51. The van der Waals surface area contributed by atoms with Crippen LogP contribution in [-0.2, 0) is 6.54 Å². The number of benzene rings is 1. The minimum atomic E-state index is 0.586. The number of hydrogen-bond donors (Lipinski definition) is 1. The number of hydrogen-bond acceptors (Lipinski definition) is 2. The molecule has 0 heterocycles. The molecule has 1 aromatic rings. The fraction of sp³-hybridized carbons (Fsp3) is 0.333. The second kappa shape index (κ2) is 3.39. The molecule has 2 nitrogen and oxygen atoms in total. The monoisotopic (exact) mass is 149 g/mol. The Bertz CT molecular complexity index is 231. The largest absolute Gasteiger partial charge is 0.377 e. The Hall–Kier alpha value is -1.02. The van der Waals surface area contributed by atoms with E-state index >= 15 is 0 Å². The van der Waals surface area contributed by atoms with Crippen molar-refractivity contribution in [2.45, 2.75) is 6.54 Å². The summed E-state index contributed by atoms with van der Waals surface area (Å²) in [5.74, 6) is 0. The normalized spacial score (nSPS) is 9.73. The summed E-state index contributed by atoms with van der Waals surface area (Å²) < 4.78 is 0. The van der Waals surface area contributed by atoms with Crippen LogP contribution >= 0.6 is 0 Å². The van der Waals surface area contributed by atoms with Gasteiger partial charge in [0.05, 0.1) is 0 Å². The smallest absolute Gasteiger partial charge is 0.0412 e. The number of nitrogens with zero attached hydrogens (tertiary/aromatic N) is 1. The van der Waals surface area contributed by atoms with E-state index in [2.05, 4.69) is 6.07 Å². The molecule has 11 heavy (non-hydrogen) atoms. The lowest BCUT2D eigenvalue weighted by Gasteiger charge is -2.15. The maximum Gasteiger partial charge on any atom is 0.0412 e. The summed E-state index contributed by atoms with van der Waals surface area (Å²) in [5, 5.41) is 0. The lowest BCUT2D eigenvalue weighted by atomic mass is 10.2. The summed E-state index contributed by atoms with van der Waals surface area (Å²) in [4.78, 5) is 2.04. The molecule has 1 aromatic carbocycles. The van der Waals surface area contributed by atoms with Crippen LogP contribution < -0.4 is 10.6 Å². The number of nitrogens with two attached hydrogens (primary N) is 1. The third-order valence-electron chi connectivity index (χ3n) is 1.63. The summed E-state index contributed by atoms with van der Waals surface area (Å²) in [6.45, 7) is 0.586. The van der Waals surface area contributed by atoms with Crippen LogP contribution in [0.4, 0.5) is 5.69 Å². The summed E-state index contributed by atoms with van der Waals surface area (Å²) in [6, 6.07) is 8.85. The quantitative estimate of drug-likeness (QED) is 0.680. The van der Waals surface area contributed by atoms with Crippen LogP contribution in [0, 0.1) is 6.07 Å². The standard InChI is InChI=1S/C9H13N2/c1-11(2)9-6-4-3-5-8(9)7-10/h3,5-6H,7,10H2,1-2H3. The molecule has 0 atom stereocenters. The minimum Gasteiger partial charge on any atom is -0.377 e. The molecule has 1 rings (SSSR count). The minimum absolute atomic E-state index is 0.586. The van der Waals surface area contributed by atoms with Crippen molar-refractivity contribution in [2.24, 2.45) is 5.73 Å². The van der Waals surface area contributed by atoms with E-state index in [-0.39, 0.29) is 0 Å². The van der Waals surface area contributed by atoms with E-state index < -0.39 is 0 Å². The fourth-order valence-electron chi connectivity index (χ4n) is 1.04. The van der Waals surface area contributed by atoms with E-state index in [1.54, 1.807) is 0 Å². The summed E-state index contributed by atoms with van der Waals surface area (Å²) in [7, 11) is 4.00. The molecule has 0 aliphatic carbocycles. The van der Waals surface area contributed by atoms with Crippen molar-refractivity contribution in [3.8, 4) is 0 Å². The third kappa shape index (κ3) is 1.71. The Morgan fingerprint density at radius 1 is 1.55 bits per heavy atom. The molecule has 0 fully saturated rings. The van der Waals surface area contributed by atoms with Gasteiger partial charge in [-0.05, 0) is 17.7 Å². The molecular weight excluding hydrogens is 136 g/mol. The van der Waals surface area contributed by atoms with E-state index in [9.17, 15) is 0 Å². The van der Waals surface area contributed by atoms with Gasteiger partial charge in [-0.3, -0.25) is 0 Å². The molecule has 59 valence electrons. The number of anilines is 1. The van der Waals surface area contributed by atoms with Gasteiger partial charge in [-0.15, -0.1) is 0 Å². The highest BCUT2D eigenvalue weighted by Gasteiger charge is 1.99. The van der Waals surface area contributed by atoms with Gasteiger partial charge in [0, 0.05) is 26.3 Å². The zero-order valence-electron chi connectivity index (χ0n) is 6.96. The van der Waals surface area contributed by atoms with Gasteiger partial charge in [0.25, 0.3) is 0 Å². The van der Waals surface area contributed by atoms with E-state index in [1.807, 2.05) is 37.2 Å². The van der Waals surface area contributed by atoms with Gasteiger partial charge >= 0.3 is 0 Å². The maximum atomic E-state index is 5.55. The second-order valence-electron chi connectivity index (χ2n) is 2.65. The van der Waals surface area contributed by atoms with Gasteiger partial charge < -0.3 is 10.6 Å². The first kappa shape index (κ1) is 8.08. The van der Waals surface area contributed by atoms with Crippen molar-refractivity contribution in [1.29, 1.82) is 0 Å². The van der Waals surface area contributed by atoms with Crippen LogP contribution in [0.3, 0.4) is 0 Å². The van der Waals surface area contributed by atoms with Crippen LogP contribution in [0.2, 0.25) is 0 Å². The van der Waals surface area contributed by atoms with Gasteiger partial charge in [-0.2, -0.15) is 0 Å². The van der Waals surface area contributed by atoms with E-state index in [4.69, 9.17) is 5.73 Å². The van der Waals surface area contributed by atoms with Crippen LogP contribution in [0.5, 0.6) is 0 Å². The fourth-order valence-corrected chi connectivity index (χ4v) is 1.04. The zero-order chi connectivity index (χ0) is 8.27. The second-order valence-corrected chi connectivity index (χ2v) is 2.65. The Morgan fingerprint density at radius 2 is 2.27 bits per heavy atom. The lowest BCUT2D eigenvalue weighted by Crippen LogP contribution is -2.12. The van der Waals surface area contributed by atoms with Gasteiger partial charge in [0.15, 0.2) is 0 Å². The Labute approximate surface area is 67.6 Å². The van der Waals surface area contributed by atoms with Crippen molar-refractivity contribution in [1.82, 2.24) is 0 Å². The van der Waals surface area contributed by atoms with E-state index in [0.29, 0.717) is 6.54 Å². The summed E-state index contributed by atoms with van der Waals surface area (Å²) >= 11 is 0. The molecule has 0 unspecified atom stereocenters. The van der Waals surface area contributed by atoms with Gasteiger partial charge in [-0.1, -0.05) is 12.1 Å². The van der Waals surface area contributed by atoms with Crippen LogP contribution in [0.1, 0.15) is 5.56 Å². The first-order chi connectivity index (χ1) is 5.25. The molecule has 0 bridgehead atoms. The highest BCUT2D eigenvalue weighted by atomic mass is 15.1. The average molecular weight is 149 g/mol. The molecule has 0 aromatic heterocycles. The Morgan fingerprint density at radius 3 is 2.73 bits per heavy atom. The Balaban J connectivity index is 3.02. The Kier molecular flexibility index (Phi) is 2.49. The van der Waals surface area contributed by atoms with Crippen molar-refractivity contribution >= 4 is 5.69 Å². The summed E-state index contributed by atoms with van der Waals surface area (Å²) in [6.07, 6.45) is 0. The summed E-state index contributed by atoms with van der Waals surface area (Å²) in [5.41, 5.74) is 7.86. The third-order valence-corrected chi connectivity index (χ3v) is 1.63. The van der Waals surface area contributed by atoms with Crippen molar-refractivity contribution in [3.05, 3.63) is 29.8 Å². The van der Waals surface area contributed by atoms with Crippen molar-refractivity contribution < 1.29 is 0 Å². The molecule has 0 aliphatic rings. The predicted octanol–water partition coefficient (Wildman–Crippen LogP) is 1.01. The topological polar surface area (TPSA) is 29.3 Å². The molecule has 2 N–H and O–H groups in total. The van der Waals surface area contributed by atoms with Gasteiger partial charge in [0.1, 0.15) is 0 Å². The van der Waals surface area contributed by atoms with Crippen molar-refractivity contribution in [2.75, 3.05) is 19.0 Å². The average Bonchev–Trinajstić information content (AvgIpc) is 2.04. The van der Waals surface area contributed by atoms with Gasteiger partial charge in [-0.25, -0.2) is 0 Å². The first-order valence-electron chi connectivity index (χ1n) is 3.62. The zero-order valence-corrected chi connectivity index (χ0v) is 6.96. The van der Waals surface area contributed by atoms with Crippen molar-refractivity contribution in [3.63, 3.8) is 0 Å². The van der Waals surface area contributed by atoms with Crippen LogP contribution in [0.15, 0.2) is 18.2 Å². The van der Waals surface area contributed by atoms with E-state index in [0.717, 1.165) is 11.3 Å². The molecule has 2 heteroatoms. The van der Waals surface area contributed by atoms with Crippen LogP contribution in [-0.4, -0.2) is 14.1 Å². The molecule has 0 aliphatic heterocycles. The SMILES string of the molecule is CN(C)c1c[c]ccc1CN. The molecule has 0 amide bonds. The van der Waals surface area contributed by atoms with Crippen LogP contribution in [0.25, 0.3) is 0 Å². The van der Waals surface area contributed by atoms with E-state index in [1.165, 1.54) is 0 Å². The first-order valence-corrected chi connectivity index (χ1v) is 3.62. The molecular formula is C9H13N2. The molecule has 0 saturated carbocycles. The predicted molar refractivity (Wildman–Crippen MR) is 47.5 cm³/mol. The molecule has 0 saturated heterocycles. The lowest BCUT2D eigenvalue weighted by molar-refractivity contribution is 1.03. The molecule has 1 radical (unpaired) electrons. The maximum absolute atomic E-state index is 5.55. The van der Waals surface area contributed by atoms with Gasteiger partial charge in [0.2, 0.25) is 0 Å².